The fourth-order valence-electron chi connectivity index (χ4n) is 1.97. The molecule has 21 heavy (non-hydrogen) atoms. The summed E-state index contributed by atoms with van der Waals surface area (Å²) in [5.74, 6) is -0.922. The molecule has 0 rings (SSSR count). The average molecular weight is 290 g/mol. The molecule has 0 aliphatic heterocycles. The summed E-state index contributed by atoms with van der Waals surface area (Å²) in [6.07, 6.45) is 26.3. The lowest BCUT2D eigenvalue weighted by atomic mass is 10.1. The first-order valence-electron chi connectivity index (χ1n) is 8.17. The quantitative estimate of drug-likeness (QED) is 0.263. The highest BCUT2D eigenvalue weighted by molar-refractivity contribution is 5.80. The van der Waals surface area contributed by atoms with Gasteiger partial charge in [0.2, 0.25) is 0 Å². The lowest BCUT2D eigenvalue weighted by Crippen LogP contribution is -1.84. The number of hydrogen-bond acceptors (Lipinski definition) is 1. The maximum atomic E-state index is 10.2. The molecule has 0 aliphatic carbocycles. The summed E-state index contributed by atoms with van der Waals surface area (Å²) in [6.45, 7) is 2.25. The molecule has 0 aromatic rings. The van der Waals surface area contributed by atoms with Gasteiger partial charge in [-0.1, -0.05) is 94.4 Å². The van der Waals surface area contributed by atoms with Crippen LogP contribution in [-0.2, 0) is 4.79 Å². The predicted molar refractivity (Wildman–Crippen MR) is 91.4 cm³/mol. The van der Waals surface area contributed by atoms with E-state index in [1.54, 1.807) is 6.08 Å². The molecule has 0 unspecified atom stereocenters. The Kier molecular flexibility index (Phi) is 15.3. The van der Waals surface area contributed by atoms with E-state index in [1.807, 2.05) is 24.3 Å². The second-order valence-corrected chi connectivity index (χ2v) is 5.16. The monoisotopic (exact) mass is 290 g/mol. The molecule has 118 valence electrons. The standard InChI is InChI=1S/C19H30O2/c1-2-3-4-5-6-7-8-9-10-11-12-13-14-15-16-17-18-19(20)21/h11-18H,2-10H2,1H3,(H,20,21). The zero-order valence-electron chi connectivity index (χ0n) is 13.3. The molecule has 2 nitrogen and oxygen atoms in total. The lowest BCUT2D eigenvalue weighted by molar-refractivity contribution is -0.131. The van der Waals surface area contributed by atoms with Gasteiger partial charge in [0.25, 0.3) is 0 Å². The van der Waals surface area contributed by atoms with Gasteiger partial charge in [-0.05, 0) is 12.8 Å². The molecule has 0 radical (unpaired) electrons. The topological polar surface area (TPSA) is 37.3 Å². The van der Waals surface area contributed by atoms with Crippen molar-refractivity contribution in [3.63, 3.8) is 0 Å². The van der Waals surface area contributed by atoms with E-state index in [-0.39, 0.29) is 0 Å². The highest BCUT2D eigenvalue weighted by Gasteiger charge is 1.89. The third-order valence-corrected chi connectivity index (χ3v) is 3.15. The Hall–Kier alpha value is -1.57. The van der Waals surface area contributed by atoms with E-state index in [2.05, 4.69) is 13.0 Å². The number of rotatable bonds is 13. The van der Waals surface area contributed by atoms with Gasteiger partial charge in [0.05, 0.1) is 0 Å². The van der Waals surface area contributed by atoms with Crippen LogP contribution >= 0.6 is 0 Å². The molecule has 0 atom stereocenters. The summed E-state index contributed by atoms with van der Waals surface area (Å²) in [4.78, 5) is 10.2. The number of carboxylic acids is 1. The molecule has 1 N–H and O–H groups in total. The molecule has 0 fully saturated rings. The number of aliphatic carboxylic acids is 1. The van der Waals surface area contributed by atoms with Crippen molar-refractivity contribution < 1.29 is 9.90 Å². The van der Waals surface area contributed by atoms with Gasteiger partial charge in [-0.3, -0.25) is 0 Å². The Morgan fingerprint density at radius 1 is 0.762 bits per heavy atom. The van der Waals surface area contributed by atoms with Crippen molar-refractivity contribution in [2.24, 2.45) is 0 Å². The van der Waals surface area contributed by atoms with Crippen LogP contribution in [0.4, 0.5) is 0 Å². The summed E-state index contributed by atoms with van der Waals surface area (Å²) in [5, 5.41) is 8.38. The minimum absolute atomic E-state index is 0.922. The van der Waals surface area contributed by atoms with E-state index >= 15 is 0 Å². The third-order valence-electron chi connectivity index (χ3n) is 3.15. The van der Waals surface area contributed by atoms with E-state index in [1.165, 1.54) is 57.4 Å². The van der Waals surface area contributed by atoms with Crippen LogP contribution in [0.5, 0.6) is 0 Å². The maximum absolute atomic E-state index is 10.2. The van der Waals surface area contributed by atoms with Crippen molar-refractivity contribution in [3.8, 4) is 0 Å². The minimum Gasteiger partial charge on any atom is -0.478 e. The smallest absolute Gasteiger partial charge is 0.328 e. The normalized spacial score (nSPS) is 12.4. The summed E-state index contributed by atoms with van der Waals surface area (Å²) < 4.78 is 0. The summed E-state index contributed by atoms with van der Waals surface area (Å²) in [7, 11) is 0. The Labute approximate surface area is 130 Å². The summed E-state index contributed by atoms with van der Waals surface area (Å²) in [6, 6.07) is 0. The van der Waals surface area contributed by atoms with Gasteiger partial charge < -0.3 is 5.11 Å². The van der Waals surface area contributed by atoms with Gasteiger partial charge in [-0.2, -0.15) is 0 Å². The van der Waals surface area contributed by atoms with Crippen LogP contribution in [0.15, 0.2) is 48.6 Å². The third kappa shape index (κ3) is 18.4. The number of unbranched alkanes of at least 4 members (excludes halogenated alkanes) is 8. The number of carbonyl (C=O) groups is 1. The summed E-state index contributed by atoms with van der Waals surface area (Å²) >= 11 is 0. The second kappa shape index (κ2) is 16.5. The molecule has 0 aromatic carbocycles. The van der Waals surface area contributed by atoms with Gasteiger partial charge in [0, 0.05) is 6.08 Å². The van der Waals surface area contributed by atoms with Crippen LogP contribution in [0.25, 0.3) is 0 Å². The molecule has 0 amide bonds. The van der Waals surface area contributed by atoms with E-state index in [4.69, 9.17) is 5.11 Å². The van der Waals surface area contributed by atoms with Crippen LogP contribution < -0.4 is 0 Å². The molecule has 0 heterocycles. The zero-order chi connectivity index (χ0) is 15.6. The molecule has 2 heteroatoms. The van der Waals surface area contributed by atoms with Crippen molar-refractivity contribution >= 4 is 5.97 Å². The van der Waals surface area contributed by atoms with E-state index in [0.29, 0.717) is 0 Å². The molecule has 0 saturated carbocycles. The van der Waals surface area contributed by atoms with Gasteiger partial charge in [0.1, 0.15) is 0 Å². The predicted octanol–water partition coefficient (Wildman–Crippen LogP) is 5.83. The lowest BCUT2D eigenvalue weighted by Gasteiger charge is -1.99. The highest BCUT2D eigenvalue weighted by atomic mass is 16.4. The van der Waals surface area contributed by atoms with Crippen molar-refractivity contribution in [1.82, 2.24) is 0 Å². The minimum atomic E-state index is -0.922. The molecule has 0 spiro atoms. The fraction of sp³-hybridized carbons (Fsp3) is 0.526. The maximum Gasteiger partial charge on any atom is 0.328 e. The van der Waals surface area contributed by atoms with Gasteiger partial charge >= 0.3 is 5.97 Å². The van der Waals surface area contributed by atoms with Crippen molar-refractivity contribution in [2.45, 2.75) is 64.7 Å². The Balaban J connectivity index is 3.38. The van der Waals surface area contributed by atoms with Crippen molar-refractivity contribution in [3.05, 3.63) is 48.6 Å². The van der Waals surface area contributed by atoms with E-state index in [9.17, 15) is 4.79 Å². The van der Waals surface area contributed by atoms with Crippen molar-refractivity contribution in [2.75, 3.05) is 0 Å². The zero-order valence-corrected chi connectivity index (χ0v) is 13.3. The second-order valence-electron chi connectivity index (χ2n) is 5.16. The first-order valence-corrected chi connectivity index (χ1v) is 8.17. The fourth-order valence-corrected chi connectivity index (χ4v) is 1.97. The SMILES string of the molecule is CCCCCCCCCCC=CC=CC=CC=CC(=O)O. The first-order chi connectivity index (χ1) is 10.3. The summed E-state index contributed by atoms with van der Waals surface area (Å²) in [5.41, 5.74) is 0. The molecule has 0 bridgehead atoms. The van der Waals surface area contributed by atoms with Gasteiger partial charge in [-0.15, -0.1) is 0 Å². The molecular weight excluding hydrogens is 260 g/mol. The van der Waals surface area contributed by atoms with Crippen LogP contribution in [-0.4, -0.2) is 11.1 Å². The number of allylic oxidation sites excluding steroid dienone is 7. The Bertz CT molecular complexity index is 349. The average Bonchev–Trinajstić information content (AvgIpc) is 2.46. The first kappa shape index (κ1) is 19.4. The van der Waals surface area contributed by atoms with Crippen molar-refractivity contribution in [1.29, 1.82) is 0 Å². The van der Waals surface area contributed by atoms with E-state index < -0.39 is 5.97 Å². The number of carboxylic acid groups (broad SMARTS) is 1. The molecular formula is C19H30O2. The highest BCUT2D eigenvalue weighted by Crippen LogP contribution is 2.09. The number of hydrogen-bond donors (Lipinski definition) is 1. The molecule has 0 saturated heterocycles. The van der Waals surface area contributed by atoms with Crippen LogP contribution in [0, 0.1) is 0 Å². The Morgan fingerprint density at radius 2 is 1.29 bits per heavy atom. The van der Waals surface area contributed by atoms with Gasteiger partial charge in [-0.25, -0.2) is 4.79 Å². The Morgan fingerprint density at radius 3 is 1.90 bits per heavy atom. The van der Waals surface area contributed by atoms with Crippen LogP contribution in [0.1, 0.15) is 64.7 Å². The van der Waals surface area contributed by atoms with Gasteiger partial charge in [0.15, 0.2) is 0 Å². The molecule has 0 aliphatic rings. The molecule has 0 aromatic heterocycles. The largest absolute Gasteiger partial charge is 0.478 e. The van der Waals surface area contributed by atoms with E-state index in [0.717, 1.165) is 12.5 Å². The van der Waals surface area contributed by atoms with Crippen LogP contribution in [0.2, 0.25) is 0 Å². The van der Waals surface area contributed by atoms with Crippen LogP contribution in [0.3, 0.4) is 0 Å².